The number of rotatable bonds is 3. The van der Waals surface area contributed by atoms with Crippen molar-refractivity contribution < 1.29 is 4.42 Å². The van der Waals surface area contributed by atoms with Crippen molar-refractivity contribution >= 4 is 68.1 Å². The summed E-state index contributed by atoms with van der Waals surface area (Å²) >= 11 is 0. The highest BCUT2D eigenvalue weighted by Crippen LogP contribution is 2.56. The van der Waals surface area contributed by atoms with E-state index in [4.69, 9.17) is 4.42 Å². The zero-order chi connectivity index (χ0) is 43.2. The van der Waals surface area contributed by atoms with Gasteiger partial charge in [-0.2, -0.15) is 0 Å². The van der Waals surface area contributed by atoms with Crippen molar-refractivity contribution in [1.29, 1.82) is 0 Å². The SMILES string of the molecule is CC(C)(C)c1ccc(N2B3c4c(ccc5c4-c4ccccc4C5(C)C)N(c4ccccc4-c4ccccc4)c4c3c(cc3c4oc4ccccc43)-c3cc(C(C)(C)C)ccc32)cc1. The largest absolute Gasteiger partial charge is 0.454 e. The molecule has 8 aromatic carbocycles. The van der Waals surface area contributed by atoms with Crippen molar-refractivity contribution in [2.45, 2.75) is 71.6 Å². The number of benzene rings is 8. The fourth-order valence-corrected chi connectivity index (χ4v) is 11.1. The Hall–Kier alpha value is -6.78. The van der Waals surface area contributed by atoms with E-state index in [1.165, 1.54) is 83.6 Å². The first-order chi connectivity index (χ1) is 30.3. The van der Waals surface area contributed by atoms with Crippen LogP contribution in [0.5, 0.6) is 0 Å². The van der Waals surface area contributed by atoms with E-state index in [-0.39, 0.29) is 23.1 Å². The highest BCUT2D eigenvalue weighted by molar-refractivity contribution is 6.95. The lowest BCUT2D eigenvalue weighted by Gasteiger charge is -2.47. The summed E-state index contributed by atoms with van der Waals surface area (Å²) in [5, 5.41) is 2.26. The maximum absolute atomic E-state index is 7.22. The molecule has 0 unspecified atom stereocenters. The molecule has 306 valence electrons. The van der Waals surface area contributed by atoms with Crippen LogP contribution in [-0.2, 0) is 16.2 Å². The van der Waals surface area contributed by atoms with Crippen LogP contribution in [0.2, 0.25) is 0 Å². The predicted molar refractivity (Wildman–Crippen MR) is 268 cm³/mol. The van der Waals surface area contributed by atoms with E-state index < -0.39 is 0 Å². The molecular weight excluding hydrogens is 763 g/mol. The van der Waals surface area contributed by atoms with Gasteiger partial charge in [-0.25, -0.2) is 0 Å². The van der Waals surface area contributed by atoms with Gasteiger partial charge in [0.25, 0.3) is 0 Å². The van der Waals surface area contributed by atoms with Gasteiger partial charge in [-0.05, 0) is 115 Å². The Labute approximate surface area is 371 Å². The third kappa shape index (κ3) is 5.40. The minimum Gasteiger partial charge on any atom is -0.454 e. The zero-order valence-electron chi connectivity index (χ0n) is 37.5. The van der Waals surface area contributed by atoms with Gasteiger partial charge in [-0.1, -0.05) is 171 Å². The Morgan fingerprint density at radius 2 is 1.14 bits per heavy atom. The molecule has 0 spiro atoms. The monoisotopic (exact) mass is 814 g/mol. The smallest absolute Gasteiger partial charge is 0.333 e. The molecule has 12 rings (SSSR count). The molecule has 4 heteroatoms. The molecule has 0 N–H and O–H groups in total. The van der Waals surface area contributed by atoms with Crippen molar-refractivity contribution in [2.75, 3.05) is 9.71 Å². The topological polar surface area (TPSA) is 19.6 Å². The second-order valence-electron chi connectivity index (χ2n) is 20.5. The molecule has 3 heterocycles. The van der Waals surface area contributed by atoms with Crippen molar-refractivity contribution in [3.05, 3.63) is 186 Å². The average molecular weight is 815 g/mol. The molecule has 0 radical (unpaired) electrons. The molecule has 0 atom stereocenters. The van der Waals surface area contributed by atoms with Gasteiger partial charge in [-0.15, -0.1) is 0 Å². The van der Waals surface area contributed by atoms with E-state index in [1.54, 1.807) is 0 Å². The van der Waals surface area contributed by atoms with E-state index in [2.05, 4.69) is 229 Å². The Morgan fingerprint density at radius 1 is 0.492 bits per heavy atom. The van der Waals surface area contributed by atoms with Crippen molar-refractivity contribution in [3.63, 3.8) is 0 Å². The lowest BCUT2D eigenvalue weighted by Crippen LogP contribution is -2.62. The zero-order valence-corrected chi connectivity index (χ0v) is 37.5. The van der Waals surface area contributed by atoms with Crippen molar-refractivity contribution in [2.24, 2.45) is 0 Å². The number of furan rings is 1. The minimum absolute atomic E-state index is 0.0206. The Morgan fingerprint density at radius 3 is 1.90 bits per heavy atom. The van der Waals surface area contributed by atoms with Crippen LogP contribution in [0, 0.1) is 0 Å². The fraction of sp³-hybridized carbons (Fsp3) is 0.186. The highest BCUT2D eigenvalue weighted by atomic mass is 16.3. The van der Waals surface area contributed by atoms with E-state index in [0.717, 1.165) is 33.3 Å². The van der Waals surface area contributed by atoms with Gasteiger partial charge in [0.2, 0.25) is 0 Å². The number of fused-ring (bicyclic) bond motifs is 12. The van der Waals surface area contributed by atoms with Crippen LogP contribution >= 0.6 is 0 Å². The Kier molecular flexibility index (Phi) is 7.91. The summed E-state index contributed by atoms with van der Waals surface area (Å²) in [6, 6.07) is 61.5. The summed E-state index contributed by atoms with van der Waals surface area (Å²) in [6.45, 7) is 18.5. The molecule has 63 heavy (non-hydrogen) atoms. The number of hydrogen-bond acceptors (Lipinski definition) is 3. The van der Waals surface area contributed by atoms with Crippen LogP contribution < -0.4 is 20.6 Å². The lowest BCUT2D eigenvalue weighted by molar-refractivity contribution is 0.590. The van der Waals surface area contributed by atoms with Crippen LogP contribution in [0.1, 0.15) is 77.6 Å². The van der Waals surface area contributed by atoms with Crippen molar-refractivity contribution in [1.82, 2.24) is 0 Å². The number of hydrogen-bond donors (Lipinski definition) is 0. The van der Waals surface area contributed by atoms with Gasteiger partial charge >= 0.3 is 6.85 Å². The summed E-state index contributed by atoms with van der Waals surface area (Å²) < 4.78 is 7.22. The van der Waals surface area contributed by atoms with Gasteiger partial charge in [0.05, 0.1) is 11.4 Å². The van der Waals surface area contributed by atoms with E-state index in [1.807, 2.05) is 0 Å². The molecule has 0 saturated heterocycles. The molecular formula is C59H51BN2O. The first-order valence-electron chi connectivity index (χ1n) is 22.6. The normalized spacial score (nSPS) is 14.7. The van der Waals surface area contributed by atoms with Gasteiger partial charge in [-0.3, -0.25) is 0 Å². The van der Waals surface area contributed by atoms with Gasteiger partial charge < -0.3 is 14.1 Å². The molecule has 3 nitrogen and oxygen atoms in total. The molecule has 0 saturated carbocycles. The highest BCUT2D eigenvalue weighted by Gasteiger charge is 2.51. The molecule has 3 aliphatic rings. The molecule has 0 bridgehead atoms. The minimum atomic E-state index is -0.188. The summed E-state index contributed by atoms with van der Waals surface area (Å²) in [5.41, 5.74) is 22.8. The van der Waals surface area contributed by atoms with E-state index in [0.29, 0.717) is 0 Å². The second-order valence-corrected chi connectivity index (χ2v) is 20.5. The first kappa shape index (κ1) is 37.9. The summed E-state index contributed by atoms with van der Waals surface area (Å²) in [6.07, 6.45) is 0. The number of nitrogens with zero attached hydrogens (tertiary/aromatic N) is 2. The number of para-hydroxylation sites is 2. The molecule has 1 aromatic heterocycles. The summed E-state index contributed by atoms with van der Waals surface area (Å²) in [7, 11) is 0. The summed E-state index contributed by atoms with van der Waals surface area (Å²) in [5.74, 6) is 0. The van der Waals surface area contributed by atoms with Crippen LogP contribution in [0.4, 0.5) is 28.4 Å². The van der Waals surface area contributed by atoms with Crippen LogP contribution in [-0.4, -0.2) is 6.85 Å². The maximum atomic E-state index is 7.22. The van der Waals surface area contributed by atoms with E-state index >= 15 is 0 Å². The predicted octanol–water partition coefficient (Wildman–Crippen LogP) is 14.9. The van der Waals surface area contributed by atoms with E-state index in [9.17, 15) is 0 Å². The van der Waals surface area contributed by atoms with Crippen LogP contribution in [0.15, 0.2) is 168 Å². The molecule has 9 aromatic rings. The second kappa shape index (κ2) is 13.1. The maximum Gasteiger partial charge on any atom is 0.333 e. The Bertz CT molecular complexity index is 3340. The quantitative estimate of drug-likeness (QED) is 0.166. The summed E-state index contributed by atoms with van der Waals surface area (Å²) in [4.78, 5) is 5.24. The molecule has 1 aliphatic carbocycles. The molecule has 2 aliphatic heterocycles. The standard InChI is InChI=1S/C59H51BN2O/c1-57(2,3)37-26-29-39(30-27-37)62-49-32-28-38(58(4,5)6)34-43(49)44-35-45-41-21-14-17-25-51(41)63-56(45)55-53(44)60(62)54-50(33-31-47-52(54)42-22-12-15-23-46(42)59(47,7)8)61(55)48-24-16-13-20-40(48)36-18-10-9-11-19-36/h9-35H,1-8H3. The third-order valence-electron chi connectivity index (χ3n) is 14.4. The molecule has 0 fully saturated rings. The lowest BCUT2D eigenvalue weighted by atomic mass is 9.42. The van der Waals surface area contributed by atoms with Crippen LogP contribution in [0.3, 0.4) is 0 Å². The fourth-order valence-electron chi connectivity index (χ4n) is 11.1. The number of anilines is 5. The third-order valence-corrected chi connectivity index (χ3v) is 14.4. The molecule has 0 amide bonds. The van der Waals surface area contributed by atoms with Crippen molar-refractivity contribution in [3.8, 4) is 33.4 Å². The van der Waals surface area contributed by atoms with Gasteiger partial charge in [0.15, 0.2) is 5.58 Å². The Balaban J connectivity index is 1.29. The average Bonchev–Trinajstić information content (AvgIpc) is 3.77. The van der Waals surface area contributed by atoms with Gasteiger partial charge in [0.1, 0.15) is 5.58 Å². The first-order valence-corrected chi connectivity index (χ1v) is 22.6. The van der Waals surface area contributed by atoms with Crippen LogP contribution in [0.25, 0.3) is 55.3 Å². The van der Waals surface area contributed by atoms with Gasteiger partial charge in [0, 0.05) is 44.4 Å².